The van der Waals surface area contributed by atoms with Gasteiger partial charge in [0.15, 0.2) is 0 Å². The Labute approximate surface area is 127 Å². The van der Waals surface area contributed by atoms with Gasteiger partial charge in [0.05, 0.1) is 4.90 Å². The molecule has 1 aromatic carbocycles. The minimum Gasteiger partial charge on any atom is -0.316 e. The molecule has 1 aromatic rings. The molecule has 0 spiro atoms. The zero-order chi connectivity index (χ0) is 15.0. The first-order chi connectivity index (χ1) is 9.96. The summed E-state index contributed by atoms with van der Waals surface area (Å²) in [7, 11) is -3.32. The minimum atomic E-state index is -3.32. The summed E-state index contributed by atoms with van der Waals surface area (Å²) in [5, 5.41) is 3.34. The van der Waals surface area contributed by atoms with Crippen molar-refractivity contribution in [2.45, 2.75) is 25.2 Å². The number of sulfonamides is 1. The van der Waals surface area contributed by atoms with Crippen LogP contribution in [0.2, 0.25) is 0 Å². The first kappa shape index (κ1) is 15.0. The van der Waals surface area contributed by atoms with Crippen molar-refractivity contribution in [3.05, 3.63) is 29.8 Å². The largest absolute Gasteiger partial charge is 0.316 e. The number of nitrogens with one attached hydrogen (secondary N) is 1. The van der Waals surface area contributed by atoms with Crippen molar-refractivity contribution in [3.63, 3.8) is 0 Å². The van der Waals surface area contributed by atoms with Gasteiger partial charge in [-0.15, -0.1) is 0 Å². The fourth-order valence-electron chi connectivity index (χ4n) is 3.43. The van der Waals surface area contributed by atoms with Gasteiger partial charge in [0, 0.05) is 13.1 Å². The van der Waals surface area contributed by atoms with E-state index in [1.54, 1.807) is 16.4 Å². The lowest BCUT2D eigenvalue weighted by atomic mass is 10.0. The van der Waals surface area contributed by atoms with Crippen molar-refractivity contribution in [1.29, 1.82) is 0 Å². The molecule has 116 valence electrons. The van der Waals surface area contributed by atoms with E-state index in [1.807, 2.05) is 12.1 Å². The van der Waals surface area contributed by atoms with Crippen LogP contribution >= 0.6 is 0 Å². The van der Waals surface area contributed by atoms with Gasteiger partial charge < -0.3 is 5.32 Å². The van der Waals surface area contributed by atoms with E-state index in [4.69, 9.17) is 0 Å². The second kappa shape index (κ2) is 5.71. The van der Waals surface area contributed by atoms with Gasteiger partial charge in [-0.25, -0.2) is 8.42 Å². The van der Waals surface area contributed by atoms with Gasteiger partial charge in [0.2, 0.25) is 10.0 Å². The average Bonchev–Trinajstić information content (AvgIpc) is 2.99. The summed E-state index contributed by atoms with van der Waals surface area (Å²) in [5.74, 6) is 1.55. The molecule has 0 radical (unpaired) electrons. The fourth-order valence-corrected chi connectivity index (χ4v) is 4.98. The van der Waals surface area contributed by atoms with Gasteiger partial charge in [-0.05, 0) is 55.0 Å². The van der Waals surface area contributed by atoms with E-state index in [2.05, 4.69) is 19.2 Å². The Hall–Kier alpha value is -0.910. The highest BCUT2D eigenvalue weighted by molar-refractivity contribution is 7.89. The molecule has 2 aliphatic rings. The van der Waals surface area contributed by atoms with Crippen molar-refractivity contribution < 1.29 is 8.42 Å². The van der Waals surface area contributed by atoms with Crippen LogP contribution < -0.4 is 5.32 Å². The van der Waals surface area contributed by atoms with E-state index >= 15 is 0 Å². The topological polar surface area (TPSA) is 49.4 Å². The normalized spacial score (nSPS) is 26.4. The number of hydrogen-bond acceptors (Lipinski definition) is 3. The Morgan fingerprint density at radius 2 is 1.71 bits per heavy atom. The van der Waals surface area contributed by atoms with Gasteiger partial charge in [0.1, 0.15) is 0 Å². The highest BCUT2D eigenvalue weighted by atomic mass is 32.2. The summed E-state index contributed by atoms with van der Waals surface area (Å²) in [6.45, 7) is 7.55. The molecule has 21 heavy (non-hydrogen) atoms. The second-order valence-corrected chi connectivity index (χ2v) is 8.68. The average molecular weight is 308 g/mol. The van der Waals surface area contributed by atoms with E-state index in [9.17, 15) is 8.42 Å². The molecule has 1 N–H and O–H groups in total. The van der Waals surface area contributed by atoms with Crippen LogP contribution in [0.25, 0.3) is 0 Å². The Morgan fingerprint density at radius 3 is 2.24 bits per heavy atom. The van der Waals surface area contributed by atoms with Gasteiger partial charge >= 0.3 is 0 Å². The second-order valence-electron chi connectivity index (χ2n) is 6.74. The van der Waals surface area contributed by atoms with Crippen molar-refractivity contribution >= 4 is 10.0 Å². The van der Waals surface area contributed by atoms with Crippen LogP contribution in [-0.4, -0.2) is 38.9 Å². The van der Waals surface area contributed by atoms with Crippen LogP contribution in [-0.2, 0) is 16.4 Å². The summed E-state index contributed by atoms with van der Waals surface area (Å²) in [6, 6.07) is 7.43. The maximum atomic E-state index is 12.7. The quantitative estimate of drug-likeness (QED) is 0.921. The van der Waals surface area contributed by atoms with Gasteiger partial charge in [-0.2, -0.15) is 4.31 Å². The molecule has 0 unspecified atom stereocenters. The molecule has 0 aliphatic carbocycles. The monoisotopic (exact) mass is 308 g/mol. The lowest BCUT2D eigenvalue weighted by molar-refractivity contribution is 0.448. The summed E-state index contributed by atoms with van der Waals surface area (Å²) < 4.78 is 27.1. The zero-order valence-corrected chi connectivity index (χ0v) is 13.6. The summed E-state index contributed by atoms with van der Waals surface area (Å²) >= 11 is 0. The van der Waals surface area contributed by atoms with Gasteiger partial charge in [0.25, 0.3) is 0 Å². The number of nitrogens with zero attached hydrogens (tertiary/aromatic N) is 1. The standard InChI is InChI=1S/C16H24N2O2S/c1-12(2)7-13-3-5-16(6-4-13)21(19,20)18-10-14-8-17-9-15(14)11-18/h3-6,12,14-15,17H,7-11H2,1-2H3/t14-,15+. The van der Waals surface area contributed by atoms with Gasteiger partial charge in [-0.1, -0.05) is 26.0 Å². The van der Waals surface area contributed by atoms with Crippen LogP contribution in [0.3, 0.4) is 0 Å². The van der Waals surface area contributed by atoms with Crippen LogP contribution in [0.4, 0.5) is 0 Å². The predicted octanol–water partition coefficient (Wildman–Crippen LogP) is 1.72. The minimum absolute atomic E-state index is 0.433. The van der Waals surface area contributed by atoms with E-state index < -0.39 is 10.0 Å². The number of rotatable bonds is 4. The highest BCUT2D eigenvalue weighted by Gasteiger charge is 2.41. The first-order valence-corrected chi connectivity index (χ1v) is 9.20. The SMILES string of the molecule is CC(C)Cc1ccc(S(=O)(=O)N2C[C@H]3CNC[C@H]3C2)cc1. The molecule has 2 heterocycles. The molecule has 2 fully saturated rings. The third-order valence-corrected chi connectivity index (χ3v) is 6.41. The summed E-state index contributed by atoms with van der Waals surface area (Å²) in [4.78, 5) is 0.433. The molecule has 0 amide bonds. The molecule has 2 aliphatic heterocycles. The lowest BCUT2D eigenvalue weighted by Gasteiger charge is -2.17. The Kier molecular flexibility index (Phi) is 4.08. The molecule has 0 bridgehead atoms. The molecule has 2 saturated heterocycles. The van der Waals surface area contributed by atoms with Crippen molar-refractivity contribution in [1.82, 2.24) is 9.62 Å². The van der Waals surface area contributed by atoms with E-state index in [0.29, 0.717) is 35.7 Å². The zero-order valence-electron chi connectivity index (χ0n) is 12.7. The van der Waals surface area contributed by atoms with Crippen molar-refractivity contribution in [2.24, 2.45) is 17.8 Å². The Bertz CT molecular complexity index is 583. The number of fused-ring (bicyclic) bond motifs is 1. The molecular formula is C16H24N2O2S. The van der Waals surface area contributed by atoms with E-state index in [1.165, 1.54) is 5.56 Å². The van der Waals surface area contributed by atoms with Crippen LogP contribution in [0.15, 0.2) is 29.2 Å². The molecule has 2 atom stereocenters. The maximum Gasteiger partial charge on any atom is 0.243 e. The van der Waals surface area contributed by atoms with Crippen LogP contribution in [0.5, 0.6) is 0 Å². The molecule has 5 heteroatoms. The molecular weight excluding hydrogens is 284 g/mol. The Morgan fingerprint density at radius 1 is 1.14 bits per heavy atom. The smallest absolute Gasteiger partial charge is 0.243 e. The van der Waals surface area contributed by atoms with Crippen LogP contribution in [0, 0.1) is 17.8 Å². The Balaban J connectivity index is 1.76. The van der Waals surface area contributed by atoms with Crippen molar-refractivity contribution in [2.75, 3.05) is 26.2 Å². The fraction of sp³-hybridized carbons (Fsp3) is 0.625. The number of hydrogen-bond donors (Lipinski definition) is 1. The van der Waals surface area contributed by atoms with Gasteiger partial charge in [-0.3, -0.25) is 0 Å². The van der Waals surface area contributed by atoms with E-state index in [0.717, 1.165) is 19.5 Å². The molecule has 4 nitrogen and oxygen atoms in total. The molecule has 0 aromatic heterocycles. The molecule has 3 rings (SSSR count). The van der Waals surface area contributed by atoms with Crippen molar-refractivity contribution in [3.8, 4) is 0 Å². The maximum absolute atomic E-state index is 12.7. The first-order valence-electron chi connectivity index (χ1n) is 7.76. The summed E-state index contributed by atoms with van der Waals surface area (Å²) in [5.41, 5.74) is 1.20. The number of benzene rings is 1. The third kappa shape index (κ3) is 3.00. The van der Waals surface area contributed by atoms with E-state index in [-0.39, 0.29) is 0 Å². The summed E-state index contributed by atoms with van der Waals surface area (Å²) in [6.07, 6.45) is 0.986. The molecule has 0 saturated carbocycles. The predicted molar refractivity (Wildman–Crippen MR) is 83.6 cm³/mol. The lowest BCUT2D eigenvalue weighted by Crippen LogP contribution is -2.31. The highest BCUT2D eigenvalue weighted by Crippen LogP contribution is 2.30. The van der Waals surface area contributed by atoms with Crippen LogP contribution in [0.1, 0.15) is 19.4 Å². The third-order valence-electron chi connectivity index (χ3n) is 4.56.